The number of fused-ring (bicyclic) bond motifs is 4. The molecule has 2 unspecified atom stereocenters. The third-order valence-electron chi connectivity index (χ3n) is 5.81. The van der Waals surface area contributed by atoms with Gasteiger partial charge in [0.05, 0.1) is 23.2 Å². The molecule has 0 aromatic carbocycles. The van der Waals surface area contributed by atoms with Gasteiger partial charge >= 0.3 is 0 Å². The number of rotatable bonds is 3. The lowest BCUT2D eigenvalue weighted by atomic mass is 10.1. The highest BCUT2D eigenvalue weighted by Crippen LogP contribution is 2.44. The topological polar surface area (TPSA) is 65.5 Å². The van der Waals surface area contributed by atoms with Crippen LogP contribution in [0.2, 0.25) is 0 Å². The predicted molar refractivity (Wildman–Crippen MR) is 99.1 cm³/mol. The second-order valence-corrected chi connectivity index (χ2v) is 8.07. The number of hydrogen-bond acceptors (Lipinski definition) is 7. The molecular formula is C18H22N6OS. The molecule has 5 heterocycles. The summed E-state index contributed by atoms with van der Waals surface area (Å²) < 4.78 is 4.10. The van der Waals surface area contributed by atoms with Crippen LogP contribution in [0.3, 0.4) is 0 Å². The number of carbonyl (C=O) groups excluding carboxylic acids is 1. The number of anilines is 1. The van der Waals surface area contributed by atoms with Gasteiger partial charge in [-0.05, 0) is 36.5 Å². The fourth-order valence-corrected chi connectivity index (χ4v) is 5.31. The smallest absolute Gasteiger partial charge is 0.237 e. The van der Waals surface area contributed by atoms with Crippen LogP contribution in [0.1, 0.15) is 29.5 Å². The summed E-state index contributed by atoms with van der Waals surface area (Å²) in [7, 11) is 0. The molecule has 1 amide bonds. The van der Waals surface area contributed by atoms with Crippen LogP contribution in [0.25, 0.3) is 0 Å². The van der Waals surface area contributed by atoms with Crippen LogP contribution in [0.15, 0.2) is 24.4 Å². The molecule has 2 aromatic rings. The Morgan fingerprint density at radius 2 is 2.08 bits per heavy atom. The van der Waals surface area contributed by atoms with Gasteiger partial charge in [0.15, 0.2) is 0 Å². The lowest BCUT2D eigenvalue weighted by Gasteiger charge is -2.38. The molecule has 2 bridgehead atoms. The summed E-state index contributed by atoms with van der Waals surface area (Å²) in [5.41, 5.74) is 1.12. The van der Waals surface area contributed by atoms with E-state index in [0.29, 0.717) is 12.6 Å². The summed E-state index contributed by atoms with van der Waals surface area (Å²) >= 11 is 1.47. The second-order valence-electron chi connectivity index (χ2n) is 7.29. The van der Waals surface area contributed by atoms with Crippen molar-refractivity contribution in [3.63, 3.8) is 0 Å². The molecule has 2 atom stereocenters. The van der Waals surface area contributed by atoms with Crippen molar-refractivity contribution in [2.24, 2.45) is 0 Å². The van der Waals surface area contributed by atoms with E-state index in [9.17, 15) is 4.79 Å². The Morgan fingerprint density at radius 1 is 1.19 bits per heavy atom. The van der Waals surface area contributed by atoms with Gasteiger partial charge in [-0.3, -0.25) is 9.69 Å². The van der Waals surface area contributed by atoms with Crippen LogP contribution >= 0.6 is 11.5 Å². The van der Waals surface area contributed by atoms with Gasteiger partial charge < -0.3 is 9.80 Å². The highest BCUT2D eigenvalue weighted by Gasteiger charge is 2.44. The maximum absolute atomic E-state index is 13.0. The first-order chi connectivity index (χ1) is 12.8. The number of amides is 1. The van der Waals surface area contributed by atoms with Crippen molar-refractivity contribution in [3.8, 4) is 0 Å². The predicted octanol–water partition coefficient (Wildman–Crippen LogP) is 1.34. The quantitative estimate of drug-likeness (QED) is 0.812. The molecule has 2 saturated heterocycles. The fourth-order valence-electron chi connectivity index (χ4n) is 4.50. The van der Waals surface area contributed by atoms with Gasteiger partial charge in [0.1, 0.15) is 5.82 Å². The highest BCUT2D eigenvalue weighted by molar-refractivity contribution is 7.05. The van der Waals surface area contributed by atoms with Crippen molar-refractivity contribution >= 4 is 23.3 Å². The Kier molecular flexibility index (Phi) is 4.09. The van der Waals surface area contributed by atoms with E-state index in [0.717, 1.165) is 57.0 Å². The second kappa shape index (κ2) is 6.59. The summed E-state index contributed by atoms with van der Waals surface area (Å²) in [5, 5.41) is 4.25. The van der Waals surface area contributed by atoms with E-state index in [1.54, 1.807) is 0 Å². The van der Waals surface area contributed by atoms with Gasteiger partial charge in [-0.2, -0.15) is 0 Å². The zero-order valence-corrected chi connectivity index (χ0v) is 15.4. The lowest BCUT2D eigenvalue weighted by Crippen LogP contribution is -2.52. The molecule has 26 heavy (non-hydrogen) atoms. The molecular weight excluding hydrogens is 348 g/mol. The summed E-state index contributed by atoms with van der Waals surface area (Å²) in [6.07, 6.45) is 4.86. The molecule has 0 aliphatic carbocycles. The number of piperazine rings is 1. The number of hydrogen-bond donors (Lipinski definition) is 0. The summed E-state index contributed by atoms with van der Waals surface area (Å²) in [4.78, 5) is 25.4. The maximum atomic E-state index is 13.0. The van der Waals surface area contributed by atoms with E-state index in [2.05, 4.69) is 29.3 Å². The Labute approximate surface area is 156 Å². The Balaban J connectivity index is 1.21. The lowest BCUT2D eigenvalue weighted by molar-refractivity contribution is -0.136. The molecule has 3 aliphatic heterocycles. The third kappa shape index (κ3) is 2.77. The number of nitrogens with zero attached hydrogens (tertiary/aromatic N) is 6. The molecule has 0 spiro atoms. The normalized spacial score (nSPS) is 25.4. The molecule has 5 rings (SSSR count). The minimum absolute atomic E-state index is 0.214. The molecule has 2 fully saturated rings. The zero-order chi connectivity index (χ0) is 17.5. The Hall–Kier alpha value is -2.06. The van der Waals surface area contributed by atoms with Crippen LogP contribution in [-0.4, -0.2) is 69.0 Å². The minimum Gasteiger partial charge on any atom is -0.354 e. The van der Waals surface area contributed by atoms with Crippen molar-refractivity contribution in [2.45, 2.75) is 31.3 Å². The van der Waals surface area contributed by atoms with Gasteiger partial charge in [0.2, 0.25) is 5.91 Å². The highest BCUT2D eigenvalue weighted by atomic mass is 32.1. The molecule has 0 radical (unpaired) electrons. The standard InChI is InChI=1S/C18H22N6OS/c25-17(24-13-4-5-15(24)18-14(11-13)20-21-26-18)12-22-7-9-23(10-8-22)16-3-1-2-6-19-16/h1-3,6,13,15H,4-5,7-12H2. The Morgan fingerprint density at radius 3 is 2.88 bits per heavy atom. The molecule has 2 aromatic heterocycles. The molecule has 0 saturated carbocycles. The van der Waals surface area contributed by atoms with Gasteiger partial charge in [-0.1, -0.05) is 10.6 Å². The monoisotopic (exact) mass is 370 g/mol. The van der Waals surface area contributed by atoms with Crippen LogP contribution in [0.4, 0.5) is 5.82 Å². The van der Waals surface area contributed by atoms with Crippen molar-refractivity contribution in [1.29, 1.82) is 0 Å². The molecule has 3 aliphatic rings. The van der Waals surface area contributed by atoms with Crippen LogP contribution in [0, 0.1) is 0 Å². The van der Waals surface area contributed by atoms with Gasteiger partial charge in [-0.15, -0.1) is 5.10 Å². The fraction of sp³-hybridized carbons (Fsp3) is 0.556. The van der Waals surface area contributed by atoms with E-state index in [4.69, 9.17) is 0 Å². The average Bonchev–Trinajstić information content (AvgIpc) is 3.28. The van der Waals surface area contributed by atoms with Crippen molar-refractivity contribution < 1.29 is 4.79 Å². The van der Waals surface area contributed by atoms with E-state index in [1.807, 2.05) is 24.4 Å². The molecule has 136 valence electrons. The molecule has 0 N–H and O–H groups in total. The van der Waals surface area contributed by atoms with Crippen molar-refractivity contribution in [3.05, 3.63) is 35.0 Å². The largest absolute Gasteiger partial charge is 0.354 e. The van der Waals surface area contributed by atoms with E-state index >= 15 is 0 Å². The first-order valence-electron chi connectivity index (χ1n) is 9.30. The van der Waals surface area contributed by atoms with Crippen molar-refractivity contribution in [1.82, 2.24) is 24.4 Å². The maximum Gasteiger partial charge on any atom is 0.237 e. The summed E-state index contributed by atoms with van der Waals surface area (Å²) in [5.74, 6) is 1.29. The van der Waals surface area contributed by atoms with Crippen LogP contribution in [0.5, 0.6) is 0 Å². The summed E-state index contributed by atoms with van der Waals surface area (Å²) in [6.45, 7) is 4.16. The number of aromatic nitrogens is 3. The minimum atomic E-state index is 0.214. The van der Waals surface area contributed by atoms with Crippen LogP contribution < -0.4 is 4.90 Å². The van der Waals surface area contributed by atoms with Gasteiger partial charge in [0, 0.05) is 44.8 Å². The van der Waals surface area contributed by atoms with Gasteiger partial charge in [0.25, 0.3) is 0 Å². The van der Waals surface area contributed by atoms with Crippen molar-refractivity contribution in [2.75, 3.05) is 37.6 Å². The molecule has 7 nitrogen and oxygen atoms in total. The zero-order valence-electron chi connectivity index (χ0n) is 14.6. The third-order valence-corrected chi connectivity index (χ3v) is 6.68. The molecule has 8 heteroatoms. The van der Waals surface area contributed by atoms with Gasteiger partial charge in [-0.25, -0.2) is 4.98 Å². The first kappa shape index (κ1) is 16.1. The summed E-state index contributed by atoms with van der Waals surface area (Å²) in [6, 6.07) is 6.54. The van der Waals surface area contributed by atoms with E-state index in [1.165, 1.54) is 16.4 Å². The first-order valence-corrected chi connectivity index (χ1v) is 10.1. The van der Waals surface area contributed by atoms with E-state index in [-0.39, 0.29) is 11.9 Å². The Bertz CT molecular complexity index is 788. The SMILES string of the molecule is O=C(CN1CCN(c2ccccn2)CC1)N1C2CCC1c1snnc1C2. The number of carbonyl (C=O) groups is 1. The average molecular weight is 370 g/mol. The van der Waals surface area contributed by atoms with Crippen LogP contribution in [-0.2, 0) is 11.2 Å². The number of pyridine rings is 1. The van der Waals surface area contributed by atoms with E-state index < -0.39 is 0 Å².